The lowest BCUT2D eigenvalue weighted by Crippen LogP contribution is -1.97. The lowest BCUT2D eigenvalue weighted by atomic mass is 10.2. The lowest BCUT2D eigenvalue weighted by Gasteiger charge is -2.07. The van der Waals surface area contributed by atoms with E-state index >= 15 is 0 Å². The zero-order valence-electron chi connectivity index (χ0n) is 12.5. The molecule has 0 fully saturated rings. The molecule has 0 aliphatic carbocycles. The van der Waals surface area contributed by atoms with Crippen LogP contribution in [0.3, 0.4) is 0 Å². The number of hydrogen-bond acceptors (Lipinski definition) is 6. The maximum absolute atomic E-state index is 9.81. The summed E-state index contributed by atoms with van der Waals surface area (Å²) in [4.78, 5) is 0. The fraction of sp³-hybridized carbons (Fsp3) is 0.0625. The highest BCUT2D eigenvalue weighted by molar-refractivity contribution is 9.10. The van der Waals surface area contributed by atoms with Gasteiger partial charge >= 0.3 is 0 Å². The van der Waals surface area contributed by atoms with Gasteiger partial charge in [-0.05, 0) is 33.6 Å². The minimum absolute atomic E-state index is 0.0390. The van der Waals surface area contributed by atoms with Crippen LogP contribution < -0.4 is 10.2 Å². The largest absolute Gasteiger partial charge is 0.503 e. The average Bonchev–Trinajstić information content (AvgIpc) is 2.60. The smallest absolute Gasteiger partial charge is 0.176 e. The standard InChI is InChI=1S/C16H12BrClN4O2/c1-24-13-7-9(6-12(17)14(13)23)8-19-21-16-11-5-3-2-4-10(11)15(18)20-22-16/h2-8,23H,1H3,(H,21,22)/b19-8+. The molecule has 0 atom stereocenters. The number of nitrogens with one attached hydrogen (secondary N) is 1. The van der Waals surface area contributed by atoms with Crippen molar-refractivity contribution in [2.45, 2.75) is 0 Å². The highest BCUT2D eigenvalue weighted by Crippen LogP contribution is 2.34. The SMILES string of the molecule is COc1cc(/C=N/Nc2nnc(Cl)c3ccccc23)cc(Br)c1O. The van der Waals surface area contributed by atoms with Gasteiger partial charge in [0.25, 0.3) is 0 Å². The summed E-state index contributed by atoms with van der Waals surface area (Å²) in [5, 5.41) is 23.8. The molecule has 0 saturated heterocycles. The van der Waals surface area contributed by atoms with Gasteiger partial charge in [-0.2, -0.15) is 5.10 Å². The molecule has 0 spiro atoms. The Balaban J connectivity index is 1.88. The zero-order valence-corrected chi connectivity index (χ0v) is 14.8. The fourth-order valence-electron chi connectivity index (χ4n) is 2.15. The van der Waals surface area contributed by atoms with E-state index in [0.29, 0.717) is 21.2 Å². The zero-order chi connectivity index (χ0) is 17.1. The van der Waals surface area contributed by atoms with Gasteiger partial charge < -0.3 is 9.84 Å². The Morgan fingerprint density at radius 1 is 1.25 bits per heavy atom. The molecule has 1 heterocycles. The van der Waals surface area contributed by atoms with E-state index in [1.807, 2.05) is 24.3 Å². The minimum Gasteiger partial charge on any atom is -0.503 e. The third kappa shape index (κ3) is 3.27. The number of anilines is 1. The number of ether oxygens (including phenoxy) is 1. The van der Waals surface area contributed by atoms with E-state index < -0.39 is 0 Å². The van der Waals surface area contributed by atoms with E-state index in [4.69, 9.17) is 16.3 Å². The Morgan fingerprint density at radius 2 is 2.00 bits per heavy atom. The van der Waals surface area contributed by atoms with Crippen molar-refractivity contribution in [3.8, 4) is 11.5 Å². The summed E-state index contributed by atoms with van der Waals surface area (Å²) in [7, 11) is 1.48. The summed E-state index contributed by atoms with van der Waals surface area (Å²) in [6.45, 7) is 0. The van der Waals surface area contributed by atoms with Crippen molar-refractivity contribution in [2.75, 3.05) is 12.5 Å². The first-order chi connectivity index (χ1) is 11.6. The van der Waals surface area contributed by atoms with Gasteiger partial charge in [0.15, 0.2) is 22.5 Å². The second-order valence-electron chi connectivity index (χ2n) is 4.81. The Hall–Kier alpha value is -2.38. The van der Waals surface area contributed by atoms with Crippen LogP contribution in [0.2, 0.25) is 5.15 Å². The molecule has 24 heavy (non-hydrogen) atoms. The number of aromatic hydroxyl groups is 1. The number of nitrogens with zero attached hydrogens (tertiary/aromatic N) is 3. The Labute approximate surface area is 151 Å². The lowest BCUT2D eigenvalue weighted by molar-refractivity contribution is 0.372. The molecule has 3 rings (SSSR count). The summed E-state index contributed by atoms with van der Waals surface area (Å²) in [6, 6.07) is 10.9. The van der Waals surface area contributed by atoms with Gasteiger partial charge in [-0.15, -0.1) is 10.2 Å². The monoisotopic (exact) mass is 406 g/mol. The summed E-state index contributed by atoms with van der Waals surface area (Å²) >= 11 is 9.31. The summed E-state index contributed by atoms with van der Waals surface area (Å²) in [5.74, 6) is 0.885. The molecule has 6 nitrogen and oxygen atoms in total. The highest BCUT2D eigenvalue weighted by atomic mass is 79.9. The van der Waals surface area contributed by atoms with Gasteiger partial charge in [0.05, 0.1) is 17.8 Å². The van der Waals surface area contributed by atoms with E-state index in [0.717, 1.165) is 16.3 Å². The van der Waals surface area contributed by atoms with Crippen molar-refractivity contribution in [3.63, 3.8) is 0 Å². The van der Waals surface area contributed by atoms with Crippen molar-refractivity contribution in [3.05, 3.63) is 51.6 Å². The second-order valence-corrected chi connectivity index (χ2v) is 6.02. The molecule has 122 valence electrons. The van der Waals surface area contributed by atoms with Crippen molar-refractivity contribution in [2.24, 2.45) is 5.10 Å². The number of rotatable bonds is 4. The van der Waals surface area contributed by atoms with Crippen molar-refractivity contribution in [1.82, 2.24) is 10.2 Å². The van der Waals surface area contributed by atoms with Crippen molar-refractivity contribution in [1.29, 1.82) is 0 Å². The van der Waals surface area contributed by atoms with Gasteiger partial charge in [-0.3, -0.25) is 5.43 Å². The maximum atomic E-state index is 9.81. The summed E-state index contributed by atoms with van der Waals surface area (Å²) in [6.07, 6.45) is 1.58. The van der Waals surface area contributed by atoms with Gasteiger partial charge in [-0.25, -0.2) is 0 Å². The first-order valence-corrected chi connectivity index (χ1v) is 8.03. The van der Waals surface area contributed by atoms with Gasteiger partial charge in [0.1, 0.15) is 0 Å². The van der Waals surface area contributed by atoms with Crippen LogP contribution in [0, 0.1) is 0 Å². The molecule has 1 aromatic heterocycles. The van der Waals surface area contributed by atoms with Crippen LogP contribution in [0.4, 0.5) is 5.82 Å². The number of fused-ring (bicyclic) bond motifs is 1. The number of phenolic OH excluding ortho intramolecular Hbond substituents is 1. The first kappa shape index (κ1) is 16.5. The van der Waals surface area contributed by atoms with E-state index in [-0.39, 0.29) is 5.75 Å². The molecule has 0 unspecified atom stereocenters. The Bertz CT molecular complexity index is 933. The third-order valence-corrected chi connectivity index (χ3v) is 4.18. The van der Waals surface area contributed by atoms with Crippen molar-refractivity contribution < 1.29 is 9.84 Å². The average molecular weight is 408 g/mol. The van der Waals surface area contributed by atoms with Crippen LogP contribution in [0.15, 0.2) is 46.0 Å². The number of hydrazone groups is 1. The minimum atomic E-state index is 0.0390. The molecule has 0 radical (unpaired) electrons. The topological polar surface area (TPSA) is 79.6 Å². The third-order valence-electron chi connectivity index (χ3n) is 3.30. The molecule has 2 N–H and O–H groups in total. The van der Waals surface area contributed by atoms with Crippen LogP contribution in [-0.2, 0) is 0 Å². The van der Waals surface area contributed by atoms with Crippen LogP contribution in [0.25, 0.3) is 10.8 Å². The Kier molecular flexibility index (Phi) is 4.82. The van der Waals surface area contributed by atoms with Crippen LogP contribution in [0.5, 0.6) is 11.5 Å². The first-order valence-electron chi connectivity index (χ1n) is 6.86. The molecule has 8 heteroatoms. The molecule has 0 amide bonds. The van der Waals surface area contributed by atoms with E-state index in [1.165, 1.54) is 7.11 Å². The van der Waals surface area contributed by atoms with Crippen LogP contribution >= 0.6 is 27.5 Å². The van der Waals surface area contributed by atoms with Crippen LogP contribution in [0.1, 0.15) is 5.56 Å². The summed E-state index contributed by atoms with van der Waals surface area (Å²) < 4.78 is 5.62. The Morgan fingerprint density at radius 3 is 2.75 bits per heavy atom. The normalized spacial score (nSPS) is 11.1. The number of halogens is 2. The summed E-state index contributed by atoms with van der Waals surface area (Å²) in [5.41, 5.74) is 3.59. The molecule has 0 aliphatic heterocycles. The van der Waals surface area contributed by atoms with E-state index in [2.05, 4.69) is 36.7 Å². The number of benzene rings is 2. The van der Waals surface area contributed by atoms with Gasteiger partial charge in [-0.1, -0.05) is 35.9 Å². The predicted molar refractivity (Wildman–Crippen MR) is 98.1 cm³/mol. The number of aromatic nitrogens is 2. The van der Waals surface area contributed by atoms with Crippen LogP contribution in [-0.4, -0.2) is 28.6 Å². The number of phenols is 1. The molecule has 2 aromatic carbocycles. The molecule has 3 aromatic rings. The predicted octanol–water partition coefficient (Wildman–Crippen LogP) is 4.21. The van der Waals surface area contributed by atoms with Gasteiger partial charge in [0, 0.05) is 10.8 Å². The van der Waals surface area contributed by atoms with E-state index in [9.17, 15) is 5.11 Å². The molecule has 0 bridgehead atoms. The number of hydrogen-bond donors (Lipinski definition) is 2. The second kappa shape index (κ2) is 7.02. The molecular formula is C16H12BrClN4O2. The van der Waals surface area contributed by atoms with E-state index in [1.54, 1.807) is 18.3 Å². The molecule has 0 saturated carbocycles. The fourth-order valence-corrected chi connectivity index (χ4v) is 2.81. The van der Waals surface area contributed by atoms with Crippen molar-refractivity contribution >= 4 is 50.3 Å². The molecule has 0 aliphatic rings. The highest BCUT2D eigenvalue weighted by Gasteiger charge is 2.08. The number of methoxy groups -OCH3 is 1. The maximum Gasteiger partial charge on any atom is 0.176 e. The quantitative estimate of drug-likeness (QED) is 0.500. The van der Waals surface area contributed by atoms with Gasteiger partial charge in [0.2, 0.25) is 0 Å². The molecular weight excluding hydrogens is 396 g/mol.